The van der Waals surface area contributed by atoms with Gasteiger partial charge in [-0.1, -0.05) is 53.2 Å². The molecule has 0 radical (unpaired) electrons. The first-order chi connectivity index (χ1) is 16.2. The molecule has 1 N–H and O–H groups in total. The predicted octanol–water partition coefficient (Wildman–Crippen LogP) is 6.80. The number of halogens is 3. The van der Waals surface area contributed by atoms with Gasteiger partial charge in [0, 0.05) is 28.6 Å². The minimum Gasteiger partial charge on any atom is -0.490 e. The van der Waals surface area contributed by atoms with Crippen LogP contribution in [0.3, 0.4) is 0 Å². The summed E-state index contributed by atoms with van der Waals surface area (Å²) in [5, 5.41) is 9.83. The number of ether oxygens (including phenoxy) is 2. The van der Waals surface area contributed by atoms with Gasteiger partial charge in [0.2, 0.25) is 0 Å². The molecule has 0 bridgehead atoms. The molecule has 0 unspecified atom stereocenters. The molecule has 2 aromatic carbocycles. The summed E-state index contributed by atoms with van der Waals surface area (Å²) >= 11 is 22.5. The van der Waals surface area contributed by atoms with E-state index >= 15 is 0 Å². The van der Waals surface area contributed by atoms with Gasteiger partial charge in [-0.15, -0.1) is 0 Å². The second-order valence-electron chi connectivity index (χ2n) is 7.08. The molecule has 1 aliphatic heterocycles. The maximum absolute atomic E-state index is 12.8. The number of carbonyl (C=O) groups excluding carboxylic acids is 1. The minimum atomic E-state index is -0.909. The molecular formula is C23H20BrCl2NO5S2. The standard InChI is InChI=1S/C23H20BrCl2NO5S2/c1-2-31-18-10-13(11-19-22(30)27(23(33)34-19)8-4-7-20(28)29)9-15(24)21(18)32-12-14-16(25)5-3-6-17(14)26/h3,5-6,9-11H,2,4,7-8,12H2,1H3,(H,28,29)/b19-11-. The molecule has 1 heterocycles. The van der Waals surface area contributed by atoms with Crippen molar-refractivity contribution in [2.24, 2.45) is 0 Å². The monoisotopic (exact) mass is 603 g/mol. The van der Waals surface area contributed by atoms with Crippen molar-refractivity contribution in [1.29, 1.82) is 0 Å². The maximum Gasteiger partial charge on any atom is 0.303 e. The van der Waals surface area contributed by atoms with E-state index in [9.17, 15) is 9.59 Å². The summed E-state index contributed by atoms with van der Waals surface area (Å²) in [6.45, 7) is 2.67. The molecule has 1 aliphatic rings. The molecule has 6 nitrogen and oxygen atoms in total. The van der Waals surface area contributed by atoms with Crippen LogP contribution < -0.4 is 9.47 Å². The van der Waals surface area contributed by atoms with Crippen molar-refractivity contribution in [1.82, 2.24) is 4.90 Å². The second kappa shape index (κ2) is 12.3. The van der Waals surface area contributed by atoms with Crippen molar-refractivity contribution in [2.75, 3.05) is 13.2 Å². The number of nitrogens with zero attached hydrogens (tertiary/aromatic N) is 1. The molecule has 0 atom stereocenters. The zero-order valence-electron chi connectivity index (χ0n) is 18.0. The van der Waals surface area contributed by atoms with Crippen LogP contribution in [-0.2, 0) is 16.2 Å². The molecule has 1 saturated heterocycles. The van der Waals surface area contributed by atoms with Gasteiger partial charge in [0.05, 0.1) is 16.0 Å². The first-order valence-corrected chi connectivity index (χ1v) is 13.0. The number of rotatable bonds is 10. The Hall–Kier alpha value is -1.78. The van der Waals surface area contributed by atoms with Gasteiger partial charge in [-0.25, -0.2) is 0 Å². The van der Waals surface area contributed by atoms with Crippen LogP contribution in [0.25, 0.3) is 6.08 Å². The fraction of sp³-hybridized carbons (Fsp3) is 0.261. The Morgan fingerprint density at radius 3 is 2.62 bits per heavy atom. The molecule has 1 amide bonds. The summed E-state index contributed by atoms with van der Waals surface area (Å²) in [6.07, 6.45) is 2.02. The Kier molecular flexibility index (Phi) is 9.67. The van der Waals surface area contributed by atoms with Crippen LogP contribution in [0.5, 0.6) is 11.5 Å². The van der Waals surface area contributed by atoms with Crippen LogP contribution in [-0.4, -0.2) is 39.4 Å². The molecular weight excluding hydrogens is 585 g/mol. The fourth-order valence-corrected chi connectivity index (χ4v) is 5.51. The smallest absolute Gasteiger partial charge is 0.303 e. The highest BCUT2D eigenvalue weighted by atomic mass is 79.9. The van der Waals surface area contributed by atoms with Gasteiger partial charge in [-0.05, 0) is 65.2 Å². The van der Waals surface area contributed by atoms with Gasteiger partial charge in [-0.3, -0.25) is 14.5 Å². The molecule has 3 rings (SSSR count). The van der Waals surface area contributed by atoms with Gasteiger partial charge in [0.15, 0.2) is 11.5 Å². The van der Waals surface area contributed by atoms with Crippen molar-refractivity contribution in [2.45, 2.75) is 26.4 Å². The maximum atomic E-state index is 12.8. The number of benzene rings is 2. The van der Waals surface area contributed by atoms with Gasteiger partial charge >= 0.3 is 5.97 Å². The van der Waals surface area contributed by atoms with E-state index in [0.717, 1.165) is 0 Å². The topological polar surface area (TPSA) is 76.1 Å². The molecule has 34 heavy (non-hydrogen) atoms. The fourth-order valence-electron chi connectivity index (χ4n) is 3.12. The molecule has 2 aromatic rings. The molecule has 1 fully saturated rings. The van der Waals surface area contributed by atoms with E-state index in [1.54, 1.807) is 30.3 Å². The Balaban J connectivity index is 1.82. The van der Waals surface area contributed by atoms with Crippen LogP contribution in [0.2, 0.25) is 10.0 Å². The van der Waals surface area contributed by atoms with Crippen molar-refractivity contribution in [3.05, 3.63) is 60.9 Å². The van der Waals surface area contributed by atoms with Gasteiger partial charge in [0.1, 0.15) is 10.9 Å². The van der Waals surface area contributed by atoms with E-state index in [1.165, 1.54) is 16.7 Å². The third-order valence-electron chi connectivity index (χ3n) is 4.70. The highest BCUT2D eigenvalue weighted by Gasteiger charge is 2.31. The first-order valence-electron chi connectivity index (χ1n) is 10.2. The molecule has 0 spiro atoms. The number of carbonyl (C=O) groups is 2. The zero-order valence-corrected chi connectivity index (χ0v) is 22.7. The number of aliphatic carboxylic acids is 1. The Bertz CT molecular complexity index is 1140. The lowest BCUT2D eigenvalue weighted by molar-refractivity contribution is -0.137. The summed E-state index contributed by atoms with van der Waals surface area (Å²) in [6, 6.07) is 8.83. The van der Waals surface area contributed by atoms with Crippen molar-refractivity contribution in [3.63, 3.8) is 0 Å². The second-order valence-corrected chi connectivity index (χ2v) is 10.4. The normalized spacial score (nSPS) is 14.7. The number of hydrogen-bond donors (Lipinski definition) is 1. The van der Waals surface area contributed by atoms with Crippen molar-refractivity contribution < 1.29 is 24.2 Å². The average molecular weight is 605 g/mol. The average Bonchev–Trinajstić information content (AvgIpc) is 3.02. The third kappa shape index (κ3) is 6.66. The highest BCUT2D eigenvalue weighted by molar-refractivity contribution is 9.10. The molecule has 180 valence electrons. The zero-order chi connectivity index (χ0) is 24.8. The molecule has 11 heteroatoms. The Morgan fingerprint density at radius 1 is 1.26 bits per heavy atom. The van der Waals surface area contributed by atoms with E-state index < -0.39 is 5.97 Å². The number of carboxylic acid groups (broad SMARTS) is 1. The summed E-state index contributed by atoms with van der Waals surface area (Å²) in [4.78, 5) is 25.4. The lowest BCUT2D eigenvalue weighted by Gasteiger charge is -2.16. The van der Waals surface area contributed by atoms with Gasteiger partial charge in [0.25, 0.3) is 5.91 Å². The number of amides is 1. The Morgan fingerprint density at radius 2 is 1.97 bits per heavy atom. The lowest BCUT2D eigenvalue weighted by Crippen LogP contribution is -2.29. The summed E-state index contributed by atoms with van der Waals surface area (Å²) in [5.74, 6) is -0.184. The van der Waals surface area contributed by atoms with Crippen molar-refractivity contribution >= 4 is 85.4 Å². The van der Waals surface area contributed by atoms with E-state index in [4.69, 9.17) is 50.0 Å². The summed E-state index contributed by atoms with van der Waals surface area (Å²) in [7, 11) is 0. The van der Waals surface area contributed by atoms with E-state index in [1.807, 2.05) is 13.0 Å². The van der Waals surface area contributed by atoms with E-state index in [-0.39, 0.29) is 25.5 Å². The van der Waals surface area contributed by atoms with Crippen LogP contribution >= 0.6 is 63.1 Å². The predicted molar refractivity (Wildman–Crippen MR) is 143 cm³/mol. The molecule has 0 aliphatic carbocycles. The summed E-state index contributed by atoms with van der Waals surface area (Å²) < 4.78 is 12.8. The molecule has 0 saturated carbocycles. The largest absolute Gasteiger partial charge is 0.490 e. The number of hydrogen-bond acceptors (Lipinski definition) is 6. The number of carboxylic acids is 1. The van der Waals surface area contributed by atoms with Crippen LogP contribution in [0.4, 0.5) is 0 Å². The van der Waals surface area contributed by atoms with Crippen LogP contribution in [0.1, 0.15) is 30.9 Å². The quantitative estimate of drug-likeness (QED) is 0.236. The number of thioether (sulfide) groups is 1. The Labute approximate surface area is 225 Å². The molecule has 0 aromatic heterocycles. The summed E-state index contributed by atoms with van der Waals surface area (Å²) in [5.41, 5.74) is 1.38. The van der Waals surface area contributed by atoms with E-state index in [2.05, 4.69) is 15.9 Å². The highest BCUT2D eigenvalue weighted by Crippen LogP contribution is 2.40. The third-order valence-corrected chi connectivity index (χ3v) is 7.37. The van der Waals surface area contributed by atoms with Crippen molar-refractivity contribution in [3.8, 4) is 11.5 Å². The SMILES string of the molecule is CCOc1cc(/C=C2\SC(=S)N(CCCC(=O)O)C2=O)cc(Br)c1OCc1c(Cl)cccc1Cl. The van der Waals surface area contributed by atoms with Gasteiger partial charge in [-0.2, -0.15) is 0 Å². The lowest BCUT2D eigenvalue weighted by atomic mass is 10.1. The van der Waals surface area contributed by atoms with Gasteiger partial charge < -0.3 is 14.6 Å². The van der Waals surface area contributed by atoms with Crippen LogP contribution in [0, 0.1) is 0 Å². The first kappa shape index (κ1) is 26.8. The minimum absolute atomic E-state index is 0.0262. The van der Waals surface area contributed by atoms with Crippen LogP contribution in [0.15, 0.2) is 39.7 Å². The van der Waals surface area contributed by atoms with E-state index in [0.29, 0.717) is 59.4 Å². The number of thiocarbonyl (C=S) groups is 1.